The van der Waals surface area contributed by atoms with E-state index in [1.54, 1.807) is 0 Å². The van der Waals surface area contributed by atoms with Gasteiger partial charge in [-0.2, -0.15) is 0 Å². The van der Waals surface area contributed by atoms with Gasteiger partial charge in [-0.05, 0) is 41.5 Å². The standard InChI is InChI=1S/C17H40N2O7Si2/c1-7-21-27(22-8-2,23-9-3)15-13-18-17(20)19-14-16-28(24-10-4,25-11-5)26-12-6/h7-16H2,1-6H3,(H2,18,19,20). The fourth-order valence-corrected chi connectivity index (χ4v) is 7.59. The van der Waals surface area contributed by atoms with Crippen LogP contribution in [0.5, 0.6) is 0 Å². The third kappa shape index (κ3) is 10.9. The Hall–Kier alpha value is -0.536. The second-order valence-corrected chi connectivity index (χ2v) is 11.1. The van der Waals surface area contributed by atoms with Gasteiger partial charge in [-0.25, -0.2) is 4.79 Å². The number of carbonyl (C=O) groups excluding carboxylic acids is 1. The number of hydrogen-bond acceptors (Lipinski definition) is 7. The number of urea groups is 1. The van der Waals surface area contributed by atoms with E-state index in [0.717, 1.165) is 0 Å². The van der Waals surface area contributed by atoms with Crippen LogP contribution in [-0.4, -0.2) is 76.4 Å². The molecule has 0 heterocycles. The quantitative estimate of drug-likeness (QED) is 0.316. The van der Waals surface area contributed by atoms with Gasteiger partial charge in [0.15, 0.2) is 0 Å². The summed E-state index contributed by atoms with van der Waals surface area (Å²) in [6.45, 7) is 15.3. The van der Waals surface area contributed by atoms with E-state index < -0.39 is 17.6 Å². The van der Waals surface area contributed by atoms with Crippen molar-refractivity contribution in [2.45, 2.75) is 53.6 Å². The molecular weight excluding hydrogens is 400 g/mol. The highest BCUT2D eigenvalue weighted by atomic mass is 28.4. The van der Waals surface area contributed by atoms with E-state index in [1.165, 1.54) is 0 Å². The SMILES string of the molecule is CCO[Si](CCNC(=O)NCC[Si](OCC)(OCC)OCC)(OCC)OCC. The Labute approximate surface area is 172 Å². The van der Waals surface area contributed by atoms with Crippen LogP contribution in [0.3, 0.4) is 0 Å². The van der Waals surface area contributed by atoms with Gasteiger partial charge in [0.05, 0.1) is 0 Å². The van der Waals surface area contributed by atoms with E-state index in [2.05, 4.69) is 10.6 Å². The molecule has 0 fully saturated rings. The van der Waals surface area contributed by atoms with Crippen molar-refractivity contribution >= 4 is 23.6 Å². The summed E-state index contributed by atoms with van der Waals surface area (Å²) >= 11 is 0. The minimum absolute atomic E-state index is 0.264. The van der Waals surface area contributed by atoms with E-state index in [9.17, 15) is 4.79 Å². The zero-order chi connectivity index (χ0) is 21.3. The first kappa shape index (κ1) is 27.5. The summed E-state index contributed by atoms with van der Waals surface area (Å²) in [5.41, 5.74) is 0. The van der Waals surface area contributed by atoms with Crippen molar-refractivity contribution in [1.29, 1.82) is 0 Å². The van der Waals surface area contributed by atoms with Gasteiger partial charge in [0.2, 0.25) is 0 Å². The Morgan fingerprint density at radius 1 is 0.571 bits per heavy atom. The van der Waals surface area contributed by atoms with Crippen molar-refractivity contribution in [2.75, 3.05) is 52.7 Å². The zero-order valence-electron chi connectivity index (χ0n) is 18.4. The molecule has 28 heavy (non-hydrogen) atoms. The van der Waals surface area contributed by atoms with Crippen molar-refractivity contribution in [3.8, 4) is 0 Å². The van der Waals surface area contributed by atoms with Crippen LogP contribution >= 0.6 is 0 Å². The van der Waals surface area contributed by atoms with Gasteiger partial charge in [0.25, 0.3) is 0 Å². The van der Waals surface area contributed by atoms with E-state index in [4.69, 9.17) is 26.6 Å². The number of hydrogen-bond donors (Lipinski definition) is 2. The van der Waals surface area contributed by atoms with Crippen LogP contribution in [0.25, 0.3) is 0 Å². The maximum atomic E-state index is 12.1. The molecule has 0 atom stereocenters. The van der Waals surface area contributed by atoms with Crippen LogP contribution < -0.4 is 10.6 Å². The summed E-state index contributed by atoms with van der Waals surface area (Å²) in [7, 11) is -5.50. The lowest BCUT2D eigenvalue weighted by Crippen LogP contribution is -2.50. The minimum atomic E-state index is -2.75. The summed E-state index contributed by atoms with van der Waals surface area (Å²) in [5, 5.41) is 5.67. The van der Waals surface area contributed by atoms with Gasteiger partial charge in [-0.1, -0.05) is 0 Å². The summed E-state index contributed by atoms with van der Waals surface area (Å²) in [6, 6.07) is 0.775. The molecule has 0 rings (SSSR count). The summed E-state index contributed by atoms with van der Waals surface area (Å²) in [6.07, 6.45) is 0. The molecule has 0 aliphatic carbocycles. The highest BCUT2D eigenvalue weighted by Gasteiger charge is 2.41. The van der Waals surface area contributed by atoms with Gasteiger partial charge in [0, 0.05) is 64.8 Å². The number of amides is 2. The van der Waals surface area contributed by atoms with Crippen LogP contribution in [0, 0.1) is 0 Å². The van der Waals surface area contributed by atoms with Crippen LogP contribution in [0.4, 0.5) is 4.79 Å². The molecule has 0 saturated heterocycles. The van der Waals surface area contributed by atoms with E-state index >= 15 is 0 Å². The molecule has 0 aliphatic rings. The molecule has 0 saturated carbocycles. The third-order valence-corrected chi connectivity index (χ3v) is 9.71. The summed E-state index contributed by atoms with van der Waals surface area (Å²) < 4.78 is 34.7. The predicted octanol–water partition coefficient (Wildman–Crippen LogP) is 2.38. The highest BCUT2D eigenvalue weighted by molar-refractivity contribution is 6.61. The minimum Gasteiger partial charge on any atom is -0.374 e. The lowest BCUT2D eigenvalue weighted by molar-refractivity contribution is 0.0711. The Balaban J connectivity index is 4.48. The topological polar surface area (TPSA) is 96.5 Å². The first-order chi connectivity index (χ1) is 13.5. The molecule has 0 aliphatic heterocycles. The van der Waals surface area contributed by atoms with Crippen LogP contribution in [0.15, 0.2) is 0 Å². The van der Waals surface area contributed by atoms with Crippen LogP contribution in [0.1, 0.15) is 41.5 Å². The Bertz CT molecular complexity index is 338. The molecule has 11 heteroatoms. The fourth-order valence-electron chi connectivity index (χ4n) is 2.72. The number of carbonyl (C=O) groups is 1. The smallest absolute Gasteiger partial charge is 0.374 e. The van der Waals surface area contributed by atoms with E-state index in [1.807, 2.05) is 41.5 Å². The molecule has 2 amide bonds. The second-order valence-electron chi connectivity index (χ2n) is 5.65. The van der Waals surface area contributed by atoms with Gasteiger partial charge < -0.3 is 37.2 Å². The van der Waals surface area contributed by atoms with E-state index in [0.29, 0.717) is 64.8 Å². The molecule has 0 bridgehead atoms. The Kier molecular flexibility index (Phi) is 16.0. The first-order valence-corrected chi connectivity index (χ1v) is 14.2. The zero-order valence-corrected chi connectivity index (χ0v) is 20.4. The molecule has 0 aromatic heterocycles. The summed E-state index contributed by atoms with van der Waals surface area (Å²) in [4.78, 5) is 12.1. The molecule has 0 aromatic rings. The van der Waals surface area contributed by atoms with Crippen molar-refractivity contribution in [3.63, 3.8) is 0 Å². The molecule has 0 aromatic carbocycles. The van der Waals surface area contributed by atoms with Gasteiger partial charge >= 0.3 is 23.6 Å². The van der Waals surface area contributed by atoms with Crippen molar-refractivity contribution in [2.24, 2.45) is 0 Å². The lowest BCUT2D eigenvalue weighted by Gasteiger charge is -2.29. The van der Waals surface area contributed by atoms with Crippen LogP contribution in [0.2, 0.25) is 12.1 Å². The summed E-state index contributed by atoms with van der Waals surface area (Å²) in [5.74, 6) is 0. The van der Waals surface area contributed by atoms with Crippen molar-refractivity contribution in [1.82, 2.24) is 10.6 Å². The molecule has 0 radical (unpaired) electrons. The molecule has 2 N–H and O–H groups in total. The Morgan fingerprint density at radius 3 is 1.04 bits per heavy atom. The molecular formula is C17H40N2O7Si2. The average Bonchev–Trinajstić information content (AvgIpc) is 2.63. The monoisotopic (exact) mass is 440 g/mol. The van der Waals surface area contributed by atoms with Crippen LogP contribution in [-0.2, 0) is 26.6 Å². The number of nitrogens with one attached hydrogen (secondary N) is 2. The highest BCUT2D eigenvalue weighted by Crippen LogP contribution is 2.16. The largest absolute Gasteiger partial charge is 0.502 e. The molecule has 0 spiro atoms. The fraction of sp³-hybridized carbons (Fsp3) is 0.941. The van der Waals surface area contributed by atoms with Gasteiger partial charge in [0.1, 0.15) is 0 Å². The predicted molar refractivity (Wildman–Crippen MR) is 112 cm³/mol. The average molecular weight is 441 g/mol. The Morgan fingerprint density at radius 2 is 0.821 bits per heavy atom. The number of rotatable bonds is 18. The van der Waals surface area contributed by atoms with Crippen molar-refractivity contribution in [3.05, 3.63) is 0 Å². The molecule has 9 nitrogen and oxygen atoms in total. The lowest BCUT2D eigenvalue weighted by atomic mass is 10.7. The maximum absolute atomic E-state index is 12.1. The maximum Gasteiger partial charge on any atom is 0.502 e. The van der Waals surface area contributed by atoms with Gasteiger partial charge in [-0.15, -0.1) is 0 Å². The molecule has 168 valence electrons. The van der Waals surface area contributed by atoms with Gasteiger partial charge in [-0.3, -0.25) is 0 Å². The first-order valence-electron chi connectivity index (χ1n) is 10.3. The molecule has 0 unspecified atom stereocenters. The van der Waals surface area contributed by atoms with Crippen molar-refractivity contribution < 1.29 is 31.4 Å². The van der Waals surface area contributed by atoms with E-state index in [-0.39, 0.29) is 6.03 Å². The normalized spacial score (nSPS) is 12.2. The second kappa shape index (κ2) is 16.3. The third-order valence-electron chi connectivity index (χ3n) is 3.62.